The number of nitrogens with two attached hydrogens (primary N) is 3. The number of hydrogen-bond donors (Lipinski definition) is 3. The van der Waals surface area contributed by atoms with Crippen LogP contribution in [0, 0.1) is 0 Å². The first-order chi connectivity index (χ1) is 19.7. The second-order valence-electron chi connectivity index (χ2n) is 10.5. The van der Waals surface area contributed by atoms with Crippen molar-refractivity contribution >= 4 is 51.7 Å². The molecule has 0 radical (unpaired) electrons. The summed E-state index contributed by atoms with van der Waals surface area (Å²) in [7, 11) is 0. The molecule has 2 saturated heterocycles. The first kappa shape index (κ1) is 29.0. The number of amides is 2. The van der Waals surface area contributed by atoms with Crippen LogP contribution in [0.1, 0.15) is 31.2 Å². The van der Waals surface area contributed by atoms with E-state index in [9.17, 15) is 9.59 Å². The van der Waals surface area contributed by atoms with E-state index < -0.39 is 12.1 Å². The number of carbonyl (C=O) groups is 2. The van der Waals surface area contributed by atoms with Gasteiger partial charge in [-0.05, 0) is 72.7 Å². The van der Waals surface area contributed by atoms with Crippen molar-refractivity contribution in [3.05, 3.63) is 76.3 Å². The van der Waals surface area contributed by atoms with Crippen LogP contribution in [-0.2, 0) is 16.0 Å². The lowest BCUT2D eigenvalue weighted by Gasteiger charge is -2.30. The van der Waals surface area contributed by atoms with E-state index in [4.69, 9.17) is 45.1 Å². The minimum atomic E-state index is -0.880. The summed E-state index contributed by atoms with van der Waals surface area (Å²) in [5, 5.41) is 3.16. The fourth-order valence-corrected chi connectivity index (χ4v) is 6.32. The molecule has 2 aliphatic heterocycles. The lowest BCUT2D eigenvalue weighted by Crippen LogP contribution is -2.51. The third-order valence-corrected chi connectivity index (χ3v) is 8.38. The van der Waals surface area contributed by atoms with Crippen LogP contribution < -0.4 is 21.9 Å². The van der Waals surface area contributed by atoms with Crippen LogP contribution in [0.3, 0.4) is 0 Å². The molecule has 3 aromatic carbocycles. The predicted molar refractivity (Wildman–Crippen MR) is 162 cm³/mol. The molecule has 0 aromatic heterocycles. The topological polar surface area (TPSA) is 140 Å². The van der Waals surface area contributed by atoms with Gasteiger partial charge in [0.05, 0.1) is 12.1 Å². The number of hydrogen-bond acceptors (Lipinski definition) is 5. The van der Waals surface area contributed by atoms with Crippen molar-refractivity contribution in [3.8, 4) is 5.75 Å². The van der Waals surface area contributed by atoms with Crippen LogP contribution >= 0.6 is 23.2 Å². The Morgan fingerprint density at radius 3 is 2.59 bits per heavy atom. The molecule has 4 atom stereocenters. The largest absolute Gasteiger partial charge is 0.491 e. The van der Waals surface area contributed by atoms with Gasteiger partial charge in [0, 0.05) is 16.6 Å². The Hall–Kier alpha value is -3.53. The SMILES string of the molecule is NC(N)=NCCC[C@H]1C(=O)N2C(CC[C@@H]2COc2ccc3ccccc3c2)N1C(=O)[C@H](N)Cc1ccc(Cl)cc1Cl. The van der Waals surface area contributed by atoms with E-state index >= 15 is 0 Å². The van der Waals surface area contributed by atoms with Crippen molar-refractivity contribution < 1.29 is 14.3 Å². The molecular weight excluding hydrogens is 563 g/mol. The minimum absolute atomic E-state index is 0.0101. The molecular formula is C30H34Cl2N6O3. The monoisotopic (exact) mass is 596 g/mol. The van der Waals surface area contributed by atoms with Gasteiger partial charge in [0.1, 0.15) is 24.6 Å². The Bertz CT molecular complexity index is 1460. The molecule has 0 spiro atoms. The molecule has 0 bridgehead atoms. The quantitative estimate of drug-likeness (QED) is 0.185. The van der Waals surface area contributed by atoms with E-state index in [1.807, 2.05) is 47.4 Å². The van der Waals surface area contributed by atoms with Gasteiger partial charge in [-0.15, -0.1) is 0 Å². The van der Waals surface area contributed by atoms with Gasteiger partial charge >= 0.3 is 0 Å². The summed E-state index contributed by atoms with van der Waals surface area (Å²) in [6, 6.07) is 17.4. The third kappa shape index (κ3) is 6.37. The molecule has 6 N–H and O–H groups in total. The zero-order chi connectivity index (χ0) is 29.1. The summed E-state index contributed by atoms with van der Waals surface area (Å²) in [6.07, 6.45) is 2.15. The molecule has 9 nitrogen and oxygen atoms in total. The zero-order valence-corrected chi connectivity index (χ0v) is 24.1. The Kier molecular flexibility index (Phi) is 8.87. The van der Waals surface area contributed by atoms with Gasteiger partial charge in [-0.3, -0.25) is 14.6 Å². The van der Waals surface area contributed by atoms with Crippen LogP contribution in [0.15, 0.2) is 65.7 Å². The van der Waals surface area contributed by atoms with Gasteiger partial charge in [-0.25, -0.2) is 0 Å². The van der Waals surface area contributed by atoms with Crippen LogP contribution in [-0.4, -0.2) is 65.0 Å². The van der Waals surface area contributed by atoms with Crippen molar-refractivity contribution in [2.75, 3.05) is 13.2 Å². The van der Waals surface area contributed by atoms with Crippen LogP contribution in [0.25, 0.3) is 10.8 Å². The Morgan fingerprint density at radius 1 is 1.05 bits per heavy atom. The molecule has 3 aromatic rings. The summed E-state index contributed by atoms with van der Waals surface area (Å²) in [4.78, 5) is 35.2. The molecule has 11 heteroatoms. The maximum absolute atomic E-state index is 13.8. The molecule has 5 rings (SSSR count). The third-order valence-electron chi connectivity index (χ3n) is 7.79. The molecule has 2 heterocycles. The number of nitrogens with zero attached hydrogens (tertiary/aromatic N) is 3. The Balaban J connectivity index is 1.32. The maximum Gasteiger partial charge on any atom is 0.247 e. The van der Waals surface area contributed by atoms with E-state index in [-0.39, 0.29) is 36.4 Å². The number of carbonyl (C=O) groups excluding carboxylic acids is 2. The highest BCUT2D eigenvalue weighted by Gasteiger charge is 2.54. The average molecular weight is 598 g/mol. The smallest absolute Gasteiger partial charge is 0.247 e. The molecule has 0 saturated carbocycles. The summed E-state index contributed by atoms with van der Waals surface area (Å²) >= 11 is 12.4. The molecule has 216 valence electrons. The summed E-state index contributed by atoms with van der Waals surface area (Å²) < 4.78 is 6.17. The van der Waals surface area contributed by atoms with Crippen molar-refractivity contribution in [2.45, 2.75) is 56.4 Å². The van der Waals surface area contributed by atoms with E-state index in [2.05, 4.69) is 4.99 Å². The number of fused-ring (bicyclic) bond motifs is 2. The van der Waals surface area contributed by atoms with Gasteiger partial charge in [0.2, 0.25) is 11.8 Å². The number of benzene rings is 3. The van der Waals surface area contributed by atoms with Crippen molar-refractivity contribution in [1.29, 1.82) is 0 Å². The first-order valence-corrected chi connectivity index (χ1v) is 14.5. The summed E-state index contributed by atoms with van der Waals surface area (Å²) in [5.41, 5.74) is 18.1. The number of ether oxygens (including phenoxy) is 1. The van der Waals surface area contributed by atoms with Crippen molar-refractivity contribution in [2.24, 2.45) is 22.2 Å². The van der Waals surface area contributed by atoms with Crippen LogP contribution in [0.5, 0.6) is 5.75 Å². The van der Waals surface area contributed by atoms with Gasteiger partial charge in [-0.1, -0.05) is 59.6 Å². The second kappa shape index (κ2) is 12.5. The van der Waals surface area contributed by atoms with Crippen LogP contribution in [0.2, 0.25) is 10.0 Å². The van der Waals surface area contributed by atoms with E-state index in [1.54, 1.807) is 23.1 Å². The molecule has 2 amide bonds. The molecule has 1 unspecified atom stereocenters. The standard InChI is InChI=1S/C30H34Cl2N6O3/c31-21-9-7-20(24(32)16-21)15-25(33)28(39)38-26(6-3-13-36-30(34)35)29(40)37-22(10-12-27(37)38)17-41-23-11-8-18-4-1-2-5-19(18)14-23/h1-2,4-5,7-9,11,14,16,22,25-27H,3,6,10,12-13,15,17,33H2,(H4,34,35,36)/t22-,25-,26+,27?/m1/s1. The average Bonchev–Trinajstić information content (AvgIpc) is 3.48. The highest BCUT2D eigenvalue weighted by molar-refractivity contribution is 6.35. The lowest BCUT2D eigenvalue weighted by molar-refractivity contribution is -0.138. The first-order valence-electron chi connectivity index (χ1n) is 13.7. The van der Waals surface area contributed by atoms with Gasteiger partial charge in [0.25, 0.3) is 0 Å². The number of halogens is 2. The second-order valence-corrected chi connectivity index (χ2v) is 11.4. The molecule has 0 aliphatic carbocycles. The van der Waals surface area contributed by atoms with E-state index in [0.29, 0.717) is 48.9 Å². The van der Waals surface area contributed by atoms with Crippen LogP contribution in [0.4, 0.5) is 0 Å². The molecule has 41 heavy (non-hydrogen) atoms. The molecule has 2 aliphatic rings. The van der Waals surface area contributed by atoms with Gasteiger partial charge in [0.15, 0.2) is 5.96 Å². The number of guanidine groups is 1. The number of rotatable bonds is 10. The van der Waals surface area contributed by atoms with Crippen molar-refractivity contribution in [1.82, 2.24) is 9.80 Å². The molecule has 2 fully saturated rings. The lowest BCUT2D eigenvalue weighted by atomic mass is 10.0. The van der Waals surface area contributed by atoms with Gasteiger partial charge < -0.3 is 31.7 Å². The van der Waals surface area contributed by atoms with Gasteiger partial charge in [-0.2, -0.15) is 0 Å². The van der Waals surface area contributed by atoms with Crippen molar-refractivity contribution in [3.63, 3.8) is 0 Å². The number of aliphatic imine (C=N–C) groups is 1. The minimum Gasteiger partial charge on any atom is -0.491 e. The maximum atomic E-state index is 13.8. The van der Waals surface area contributed by atoms with E-state index in [0.717, 1.165) is 22.1 Å². The predicted octanol–water partition coefficient (Wildman–Crippen LogP) is 3.68. The fourth-order valence-electron chi connectivity index (χ4n) is 5.83. The Morgan fingerprint density at radius 2 is 1.83 bits per heavy atom. The summed E-state index contributed by atoms with van der Waals surface area (Å²) in [6.45, 7) is 0.690. The summed E-state index contributed by atoms with van der Waals surface area (Å²) in [5.74, 6) is 0.334. The normalized spacial score (nSPS) is 20.8. The Labute approximate surface area is 249 Å². The van der Waals surface area contributed by atoms with E-state index in [1.165, 1.54) is 0 Å². The highest BCUT2D eigenvalue weighted by atomic mass is 35.5. The fraction of sp³-hybridized carbons (Fsp3) is 0.367. The zero-order valence-electron chi connectivity index (χ0n) is 22.6. The highest BCUT2D eigenvalue weighted by Crippen LogP contribution is 2.37.